The first-order chi connectivity index (χ1) is 7.33. The van der Waals surface area contributed by atoms with Crippen LogP contribution < -0.4 is 5.73 Å². The van der Waals surface area contributed by atoms with Gasteiger partial charge in [-0.2, -0.15) is 4.98 Å². The lowest BCUT2D eigenvalue weighted by Crippen LogP contribution is -2.18. The van der Waals surface area contributed by atoms with Crippen LogP contribution in [0.1, 0.15) is 44.0 Å². The summed E-state index contributed by atoms with van der Waals surface area (Å²) in [5.74, 6) is 1.38. The zero-order valence-electron chi connectivity index (χ0n) is 8.98. The number of aromatic nitrogens is 2. The summed E-state index contributed by atoms with van der Waals surface area (Å²) in [6.45, 7) is 2.65. The molecule has 84 valence electrons. The summed E-state index contributed by atoms with van der Waals surface area (Å²) >= 11 is 0. The van der Waals surface area contributed by atoms with E-state index in [0.717, 1.165) is 31.5 Å². The van der Waals surface area contributed by atoms with E-state index in [9.17, 15) is 0 Å². The average molecular weight is 211 g/mol. The molecule has 0 amide bonds. The first kappa shape index (κ1) is 10.6. The average Bonchev–Trinajstić information content (AvgIpc) is 2.85. The number of rotatable bonds is 4. The third-order valence-corrected chi connectivity index (χ3v) is 2.60. The van der Waals surface area contributed by atoms with Gasteiger partial charge >= 0.3 is 0 Å². The minimum absolute atomic E-state index is 0.0448. The molecule has 1 aromatic rings. The van der Waals surface area contributed by atoms with Crippen molar-refractivity contribution in [3.05, 3.63) is 11.7 Å². The van der Waals surface area contributed by atoms with Crippen molar-refractivity contribution in [2.45, 2.75) is 44.8 Å². The summed E-state index contributed by atoms with van der Waals surface area (Å²) in [5.41, 5.74) is 5.54. The van der Waals surface area contributed by atoms with Crippen LogP contribution in [-0.4, -0.2) is 22.8 Å². The van der Waals surface area contributed by atoms with Gasteiger partial charge in [-0.1, -0.05) is 12.1 Å². The van der Waals surface area contributed by atoms with E-state index < -0.39 is 0 Å². The highest BCUT2D eigenvalue weighted by atomic mass is 16.5. The van der Waals surface area contributed by atoms with E-state index in [1.807, 2.05) is 0 Å². The largest absolute Gasteiger partial charge is 0.364 e. The molecule has 0 aromatic carbocycles. The molecule has 1 saturated heterocycles. The van der Waals surface area contributed by atoms with Crippen LogP contribution in [0.25, 0.3) is 0 Å². The van der Waals surface area contributed by atoms with Crippen molar-refractivity contribution in [2.24, 2.45) is 5.73 Å². The van der Waals surface area contributed by atoms with Crippen LogP contribution in [0.2, 0.25) is 0 Å². The molecule has 15 heavy (non-hydrogen) atoms. The maximum absolute atomic E-state index is 5.67. The smallest absolute Gasteiger partial charge is 0.255 e. The van der Waals surface area contributed by atoms with Crippen molar-refractivity contribution in [1.29, 1.82) is 0 Å². The zero-order valence-corrected chi connectivity index (χ0v) is 8.98. The van der Waals surface area contributed by atoms with Crippen LogP contribution in [0.3, 0.4) is 0 Å². The summed E-state index contributed by atoms with van der Waals surface area (Å²) in [4.78, 5) is 4.31. The maximum atomic E-state index is 5.67. The molecule has 1 aliphatic rings. The van der Waals surface area contributed by atoms with Crippen molar-refractivity contribution in [3.63, 3.8) is 0 Å². The van der Waals surface area contributed by atoms with E-state index in [-0.39, 0.29) is 12.2 Å². The van der Waals surface area contributed by atoms with Gasteiger partial charge in [-0.25, -0.2) is 0 Å². The highest BCUT2D eigenvalue weighted by molar-refractivity contribution is 4.93. The van der Waals surface area contributed by atoms with Crippen LogP contribution in [0.15, 0.2) is 4.52 Å². The highest BCUT2D eigenvalue weighted by Gasteiger charge is 2.29. The number of aryl methyl sites for hydroxylation is 1. The molecule has 2 unspecified atom stereocenters. The number of hydrogen-bond donors (Lipinski definition) is 1. The van der Waals surface area contributed by atoms with Crippen molar-refractivity contribution in [2.75, 3.05) is 6.54 Å². The third kappa shape index (κ3) is 2.35. The number of nitrogens with zero attached hydrogens (tertiary/aromatic N) is 2. The molecule has 0 bridgehead atoms. The Kier molecular flexibility index (Phi) is 3.33. The van der Waals surface area contributed by atoms with Gasteiger partial charge in [0.1, 0.15) is 6.10 Å². The molecule has 2 heterocycles. The Balaban J connectivity index is 1.97. The summed E-state index contributed by atoms with van der Waals surface area (Å²) in [7, 11) is 0. The fourth-order valence-corrected chi connectivity index (χ4v) is 1.78. The van der Waals surface area contributed by atoms with Gasteiger partial charge in [0.2, 0.25) is 0 Å². The fraction of sp³-hybridized carbons (Fsp3) is 0.800. The van der Waals surface area contributed by atoms with E-state index in [0.29, 0.717) is 12.4 Å². The molecular formula is C10H17N3O2. The Hall–Kier alpha value is -0.940. The quantitative estimate of drug-likeness (QED) is 0.810. The lowest BCUT2D eigenvalue weighted by Gasteiger charge is -2.07. The van der Waals surface area contributed by atoms with E-state index in [1.165, 1.54) is 0 Å². The normalized spacial score (nSPS) is 26.0. The van der Waals surface area contributed by atoms with E-state index >= 15 is 0 Å². The van der Waals surface area contributed by atoms with Crippen LogP contribution in [0, 0.1) is 0 Å². The number of nitrogens with two attached hydrogens (primary N) is 1. The second kappa shape index (κ2) is 4.72. The molecule has 0 spiro atoms. The Morgan fingerprint density at radius 1 is 1.47 bits per heavy atom. The molecule has 1 aromatic heterocycles. The summed E-state index contributed by atoms with van der Waals surface area (Å²) < 4.78 is 10.8. The van der Waals surface area contributed by atoms with Gasteiger partial charge in [-0.3, -0.25) is 0 Å². The van der Waals surface area contributed by atoms with Crippen LogP contribution in [0.4, 0.5) is 0 Å². The summed E-state index contributed by atoms with van der Waals surface area (Å²) in [5, 5.41) is 3.90. The molecule has 0 radical (unpaired) electrons. The third-order valence-electron chi connectivity index (χ3n) is 2.60. The Morgan fingerprint density at radius 2 is 2.33 bits per heavy atom. The van der Waals surface area contributed by atoms with E-state index in [1.54, 1.807) is 0 Å². The zero-order chi connectivity index (χ0) is 10.7. The molecule has 2 N–H and O–H groups in total. The van der Waals surface area contributed by atoms with Gasteiger partial charge in [0.05, 0.1) is 6.10 Å². The van der Waals surface area contributed by atoms with Crippen molar-refractivity contribution in [1.82, 2.24) is 10.1 Å². The van der Waals surface area contributed by atoms with E-state index in [4.69, 9.17) is 15.0 Å². The van der Waals surface area contributed by atoms with Crippen LogP contribution >= 0.6 is 0 Å². The van der Waals surface area contributed by atoms with Gasteiger partial charge in [-0.15, -0.1) is 0 Å². The fourth-order valence-electron chi connectivity index (χ4n) is 1.78. The summed E-state index contributed by atoms with van der Waals surface area (Å²) in [6, 6.07) is 0. The lowest BCUT2D eigenvalue weighted by atomic mass is 10.2. The first-order valence-corrected chi connectivity index (χ1v) is 5.51. The topological polar surface area (TPSA) is 74.2 Å². The predicted octanol–water partition coefficient (Wildman–Crippen LogP) is 1.20. The number of hydrogen-bond acceptors (Lipinski definition) is 5. The SMILES string of the molecule is CCCc1noc(C2CCC(CN)O2)n1. The standard InChI is InChI=1S/C10H17N3O2/c1-2-3-9-12-10(15-13-9)8-5-4-7(6-11)14-8/h7-8H,2-6,11H2,1H3. The number of ether oxygens (including phenoxy) is 1. The molecule has 2 atom stereocenters. The molecule has 5 heteroatoms. The summed E-state index contributed by atoms with van der Waals surface area (Å²) in [6.07, 6.45) is 3.89. The van der Waals surface area contributed by atoms with Gasteiger partial charge in [0.25, 0.3) is 5.89 Å². The molecule has 0 saturated carbocycles. The predicted molar refractivity (Wildman–Crippen MR) is 54.2 cm³/mol. The second-order valence-corrected chi connectivity index (χ2v) is 3.86. The lowest BCUT2D eigenvalue weighted by molar-refractivity contribution is 0.0307. The van der Waals surface area contributed by atoms with Gasteiger partial charge < -0.3 is 15.0 Å². The van der Waals surface area contributed by atoms with Crippen molar-refractivity contribution in [3.8, 4) is 0 Å². The first-order valence-electron chi connectivity index (χ1n) is 5.51. The van der Waals surface area contributed by atoms with Gasteiger partial charge in [0, 0.05) is 13.0 Å². The molecule has 0 aliphatic carbocycles. The Labute approximate surface area is 89.0 Å². The Morgan fingerprint density at radius 3 is 3.00 bits per heavy atom. The minimum atomic E-state index is -0.0448. The van der Waals surface area contributed by atoms with E-state index in [2.05, 4.69) is 17.1 Å². The molecule has 1 aliphatic heterocycles. The molecule has 1 fully saturated rings. The Bertz CT molecular complexity index is 313. The van der Waals surface area contributed by atoms with Crippen molar-refractivity contribution >= 4 is 0 Å². The molecular weight excluding hydrogens is 194 g/mol. The van der Waals surface area contributed by atoms with Gasteiger partial charge in [0.15, 0.2) is 5.82 Å². The monoisotopic (exact) mass is 211 g/mol. The molecule has 5 nitrogen and oxygen atoms in total. The van der Waals surface area contributed by atoms with Gasteiger partial charge in [-0.05, 0) is 19.3 Å². The van der Waals surface area contributed by atoms with Crippen LogP contribution in [0.5, 0.6) is 0 Å². The maximum Gasteiger partial charge on any atom is 0.255 e. The molecule has 2 rings (SSSR count). The second-order valence-electron chi connectivity index (χ2n) is 3.86. The van der Waals surface area contributed by atoms with Crippen LogP contribution in [-0.2, 0) is 11.2 Å². The highest BCUT2D eigenvalue weighted by Crippen LogP contribution is 2.31. The van der Waals surface area contributed by atoms with Crippen molar-refractivity contribution < 1.29 is 9.26 Å². The minimum Gasteiger partial charge on any atom is -0.364 e.